The number of ether oxygens (including phenoxy) is 2. The third kappa shape index (κ3) is 3.85. The van der Waals surface area contributed by atoms with E-state index in [1.54, 1.807) is 31.4 Å². The molecule has 0 aliphatic heterocycles. The molecule has 3 nitrogen and oxygen atoms in total. The van der Waals surface area contributed by atoms with Gasteiger partial charge >= 0.3 is 0 Å². The minimum Gasteiger partial charge on any atom is -0.496 e. The van der Waals surface area contributed by atoms with Gasteiger partial charge in [0.2, 0.25) is 0 Å². The summed E-state index contributed by atoms with van der Waals surface area (Å²) in [6.45, 7) is 2.79. The fourth-order valence-electron chi connectivity index (χ4n) is 2.03. The Morgan fingerprint density at radius 1 is 1.10 bits per heavy atom. The quantitative estimate of drug-likeness (QED) is 0.567. The Morgan fingerprint density at radius 2 is 1.86 bits per heavy atom. The highest BCUT2D eigenvalue weighted by atomic mass is 16.5. The summed E-state index contributed by atoms with van der Waals surface area (Å²) in [7, 11) is 1.56. The standard InChI is InChI=1S/C18H20O3/c1-3-4-12-21-15-10-11-16(17(13-15)20-2)18(19)14-8-6-5-7-9-14/h5-11,13H,3-4,12H2,1-2H3. The van der Waals surface area contributed by atoms with Crippen LogP contribution in [0.4, 0.5) is 0 Å². The Hall–Kier alpha value is -2.29. The lowest BCUT2D eigenvalue weighted by molar-refractivity contribution is 0.103. The summed E-state index contributed by atoms with van der Waals surface area (Å²) < 4.78 is 11.0. The van der Waals surface area contributed by atoms with E-state index >= 15 is 0 Å². The molecule has 110 valence electrons. The Bertz CT molecular complexity index is 591. The normalized spacial score (nSPS) is 10.2. The molecule has 21 heavy (non-hydrogen) atoms. The number of unbranched alkanes of at least 4 members (excludes halogenated alkanes) is 1. The molecule has 2 rings (SSSR count). The summed E-state index contributed by atoms with van der Waals surface area (Å²) in [5, 5.41) is 0. The highest BCUT2D eigenvalue weighted by Gasteiger charge is 2.15. The number of ketones is 1. The lowest BCUT2D eigenvalue weighted by atomic mass is 10.0. The third-order valence-corrected chi connectivity index (χ3v) is 3.22. The summed E-state index contributed by atoms with van der Waals surface area (Å²) >= 11 is 0. The van der Waals surface area contributed by atoms with Crippen molar-refractivity contribution in [3.63, 3.8) is 0 Å². The zero-order valence-corrected chi connectivity index (χ0v) is 12.5. The maximum atomic E-state index is 12.5. The predicted molar refractivity (Wildman–Crippen MR) is 83.3 cm³/mol. The fraction of sp³-hybridized carbons (Fsp3) is 0.278. The highest BCUT2D eigenvalue weighted by Crippen LogP contribution is 2.27. The molecular formula is C18H20O3. The fourth-order valence-corrected chi connectivity index (χ4v) is 2.03. The van der Waals surface area contributed by atoms with Gasteiger partial charge in [-0.15, -0.1) is 0 Å². The molecule has 0 fully saturated rings. The molecule has 0 radical (unpaired) electrons. The van der Waals surface area contributed by atoms with Crippen molar-refractivity contribution < 1.29 is 14.3 Å². The lowest BCUT2D eigenvalue weighted by Crippen LogP contribution is -2.04. The Balaban J connectivity index is 2.22. The SMILES string of the molecule is CCCCOc1ccc(C(=O)c2ccccc2)c(OC)c1. The molecule has 0 heterocycles. The molecule has 0 bridgehead atoms. The molecule has 2 aromatic rings. The van der Waals surface area contributed by atoms with Crippen LogP contribution in [0.3, 0.4) is 0 Å². The van der Waals surface area contributed by atoms with Crippen LogP contribution in [0.2, 0.25) is 0 Å². The number of carbonyl (C=O) groups is 1. The molecule has 0 saturated heterocycles. The second-order valence-electron chi connectivity index (χ2n) is 4.76. The number of hydrogen-bond acceptors (Lipinski definition) is 3. The molecule has 0 aromatic heterocycles. The summed E-state index contributed by atoms with van der Waals surface area (Å²) in [6, 6.07) is 14.5. The monoisotopic (exact) mass is 284 g/mol. The van der Waals surface area contributed by atoms with Crippen molar-refractivity contribution >= 4 is 5.78 Å². The van der Waals surface area contributed by atoms with Gasteiger partial charge in [0.1, 0.15) is 11.5 Å². The van der Waals surface area contributed by atoms with Crippen LogP contribution in [0.25, 0.3) is 0 Å². The van der Waals surface area contributed by atoms with Crippen LogP contribution in [0.15, 0.2) is 48.5 Å². The number of carbonyl (C=O) groups excluding carboxylic acids is 1. The molecule has 2 aromatic carbocycles. The lowest BCUT2D eigenvalue weighted by Gasteiger charge is -2.11. The van der Waals surface area contributed by atoms with Gasteiger partial charge in [0.05, 0.1) is 19.3 Å². The van der Waals surface area contributed by atoms with Crippen LogP contribution in [0.1, 0.15) is 35.7 Å². The summed E-state index contributed by atoms with van der Waals surface area (Å²) in [6.07, 6.45) is 2.09. The number of hydrogen-bond donors (Lipinski definition) is 0. The molecule has 0 saturated carbocycles. The van der Waals surface area contributed by atoms with E-state index in [0.717, 1.165) is 18.6 Å². The van der Waals surface area contributed by atoms with Gasteiger partial charge in [0.25, 0.3) is 0 Å². The van der Waals surface area contributed by atoms with Crippen molar-refractivity contribution in [2.75, 3.05) is 13.7 Å². The van der Waals surface area contributed by atoms with Crippen molar-refractivity contribution in [2.45, 2.75) is 19.8 Å². The molecule has 0 aliphatic carbocycles. The first-order valence-electron chi connectivity index (χ1n) is 7.17. The average Bonchev–Trinajstić information content (AvgIpc) is 2.55. The molecule has 0 amide bonds. The van der Waals surface area contributed by atoms with Gasteiger partial charge in [0, 0.05) is 11.6 Å². The van der Waals surface area contributed by atoms with Gasteiger partial charge in [-0.25, -0.2) is 0 Å². The van der Waals surface area contributed by atoms with Crippen molar-refractivity contribution in [3.05, 3.63) is 59.7 Å². The zero-order valence-electron chi connectivity index (χ0n) is 12.5. The molecule has 0 aliphatic rings. The van der Waals surface area contributed by atoms with Gasteiger partial charge in [-0.05, 0) is 18.6 Å². The third-order valence-electron chi connectivity index (χ3n) is 3.22. The van der Waals surface area contributed by atoms with E-state index in [1.165, 1.54) is 0 Å². The van der Waals surface area contributed by atoms with E-state index in [-0.39, 0.29) is 5.78 Å². The van der Waals surface area contributed by atoms with Crippen molar-refractivity contribution in [1.29, 1.82) is 0 Å². The minimum absolute atomic E-state index is 0.0486. The Kier molecular flexibility index (Phi) is 5.38. The summed E-state index contributed by atoms with van der Waals surface area (Å²) in [5.41, 5.74) is 1.20. The van der Waals surface area contributed by atoms with Gasteiger partial charge < -0.3 is 9.47 Å². The maximum Gasteiger partial charge on any atom is 0.196 e. The highest BCUT2D eigenvalue weighted by molar-refractivity contribution is 6.10. The Morgan fingerprint density at radius 3 is 2.52 bits per heavy atom. The zero-order chi connectivity index (χ0) is 15.1. The van der Waals surface area contributed by atoms with Gasteiger partial charge in [-0.1, -0.05) is 43.7 Å². The van der Waals surface area contributed by atoms with E-state index in [4.69, 9.17) is 9.47 Å². The van der Waals surface area contributed by atoms with E-state index in [1.807, 2.05) is 24.3 Å². The van der Waals surface area contributed by atoms with Gasteiger partial charge in [0.15, 0.2) is 5.78 Å². The first kappa shape index (κ1) is 15.1. The molecule has 0 unspecified atom stereocenters. The molecule has 0 atom stereocenters. The number of methoxy groups -OCH3 is 1. The summed E-state index contributed by atoms with van der Waals surface area (Å²) in [4.78, 5) is 12.5. The largest absolute Gasteiger partial charge is 0.496 e. The van der Waals surface area contributed by atoms with E-state index < -0.39 is 0 Å². The van der Waals surface area contributed by atoms with Crippen molar-refractivity contribution in [1.82, 2.24) is 0 Å². The van der Waals surface area contributed by atoms with Crippen LogP contribution in [-0.4, -0.2) is 19.5 Å². The smallest absolute Gasteiger partial charge is 0.196 e. The number of rotatable bonds is 7. The van der Waals surface area contributed by atoms with Crippen molar-refractivity contribution in [2.24, 2.45) is 0 Å². The van der Waals surface area contributed by atoms with Crippen LogP contribution in [-0.2, 0) is 0 Å². The van der Waals surface area contributed by atoms with Crippen LogP contribution in [0, 0.1) is 0 Å². The molecule has 0 spiro atoms. The second kappa shape index (κ2) is 7.48. The topological polar surface area (TPSA) is 35.5 Å². The average molecular weight is 284 g/mol. The predicted octanol–water partition coefficient (Wildman–Crippen LogP) is 4.11. The molecule has 0 N–H and O–H groups in total. The number of benzene rings is 2. The van der Waals surface area contributed by atoms with Crippen LogP contribution >= 0.6 is 0 Å². The Labute approximate surface area is 125 Å². The second-order valence-corrected chi connectivity index (χ2v) is 4.76. The minimum atomic E-state index is -0.0486. The first-order valence-corrected chi connectivity index (χ1v) is 7.17. The summed E-state index contributed by atoms with van der Waals surface area (Å²) in [5.74, 6) is 1.22. The molecule has 3 heteroatoms. The van der Waals surface area contributed by atoms with Gasteiger partial charge in [-0.2, -0.15) is 0 Å². The van der Waals surface area contributed by atoms with E-state index in [2.05, 4.69) is 6.92 Å². The van der Waals surface area contributed by atoms with Crippen molar-refractivity contribution in [3.8, 4) is 11.5 Å². The van der Waals surface area contributed by atoms with Crippen LogP contribution < -0.4 is 9.47 Å². The van der Waals surface area contributed by atoms with E-state index in [9.17, 15) is 4.79 Å². The molecular weight excluding hydrogens is 264 g/mol. The first-order chi connectivity index (χ1) is 10.3. The van der Waals surface area contributed by atoms with Crippen LogP contribution in [0.5, 0.6) is 11.5 Å². The van der Waals surface area contributed by atoms with Gasteiger partial charge in [-0.3, -0.25) is 4.79 Å². The maximum absolute atomic E-state index is 12.5. The van der Waals surface area contributed by atoms with E-state index in [0.29, 0.717) is 23.5 Å².